The number of ether oxygens (including phenoxy) is 1. The summed E-state index contributed by atoms with van der Waals surface area (Å²) in [6.45, 7) is 5.65. The first-order valence-electron chi connectivity index (χ1n) is 10.1. The molecule has 1 fully saturated rings. The number of hydrogen-bond acceptors (Lipinski definition) is 5. The van der Waals surface area contributed by atoms with Gasteiger partial charge in [0.05, 0.1) is 12.8 Å². The summed E-state index contributed by atoms with van der Waals surface area (Å²) in [4.78, 5) is 17.0. The van der Waals surface area contributed by atoms with Gasteiger partial charge in [-0.3, -0.25) is 9.47 Å². The predicted molar refractivity (Wildman–Crippen MR) is 115 cm³/mol. The number of rotatable bonds is 7. The van der Waals surface area contributed by atoms with E-state index >= 15 is 0 Å². The van der Waals surface area contributed by atoms with E-state index in [0.717, 1.165) is 56.2 Å². The molecular weight excluding hydrogens is 366 g/mol. The van der Waals surface area contributed by atoms with Gasteiger partial charge in [-0.05, 0) is 25.1 Å². The van der Waals surface area contributed by atoms with Crippen LogP contribution in [0.1, 0.15) is 6.42 Å². The van der Waals surface area contributed by atoms with Crippen molar-refractivity contribution < 1.29 is 9.15 Å². The van der Waals surface area contributed by atoms with E-state index in [2.05, 4.69) is 21.9 Å². The molecule has 1 aromatic heterocycles. The van der Waals surface area contributed by atoms with Crippen LogP contribution < -0.4 is 15.4 Å². The van der Waals surface area contributed by atoms with Crippen LogP contribution in [-0.2, 0) is 6.54 Å². The monoisotopic (exact) mass is 393 g/mol. The van der Waals surface area contributed by atoms with Crippen LogP contribution in [0.2, 0.25) is 0 Å². The van der Waals surface area contributed by atoms with Crippen LogP contribution in [0.5, 0.6) is 5.75 Å². The van der Waals surface area contributed by atoms with Crippen LogP contribution in [-0.4, -0.2) is 49.3 Å². The van der Waals surface area contributed by atoms with E-state index in [1.165, 1.54) is 5.69 Å². The SMILES string of the molecule is COc1cccc(N2CCN(CCCn3c(-c4ccccc4)coc3=O)CC2)c1. The smallest absolute Gasteiger partial charge is 0.419 e. The number of benzene rings is 2. The molecule has 6 heteroatoms. The topological polar surface area (TPSA) is 50.9 Å². The normalized spacial score (nSPS) is 14.9. The van der Waals surface area contributed by atoms with E-state index in [9.17, 15) is 4.79 Å². The summed E-state index contributed by atoms with van der Waals surface area (Å²) in [7, 11) is 1.70. The van der Waals surface area contributed by atoms with E-state index in [1.54, 1.807) is 17.9 Å². The van der Waals surface area contributed by atoms with Crippen molar-refractivity contribution in [1.29, 1.82) is 0 Å². The van der Waals surface area contributed by atoms with Crippen molar-refractivity contribution in [3.8, 4) is 17.0 Å². The van der Waals surface area contributed by atoms with Gasteiger partial charge >= 0.3 is 5.76 Å². The molecule has 0 bridgehead atoms. The Morgan fingerprint density at radius 2 is 1.76 bits per heavy atom. The maximum Gasteiger partial charge on any atom is 0.419 e. The van der Waals surface area contributed by atoms with Gasteiger partial charge < -0.3 is 14.1 Å². The molecule has 4 rings (SSSR count). The minimum absolute atomic E-state index is 0.285. The Balaban J connectivity index is 1.30. The van der Waals surface area contributed by atoms with Gasteiger partial charge in [0, 0.05) is 50.0 Å². The molecule has 152 valence electrons. The lowest BCUT2D eigenvalue weighted by Crippen LogP contribution is -2.46. The van der Waals surface area contributed by atoms with Gasteiger partial charge in [0.25, 0.3) is 0 Å². The molecule has 0 atom stereocenters. The molecule has 0 aliphatic carbocycles. The predicted octanol–water partition coefficient (Wildman–Crippen LogP) is 3.33. The fourth-order valence-electron chi connectivity index (χ4n) is 3.87. The zero-order chi connectivity index (χ0) is 20.1. The van der Waals surface area contributed by atoms with Gasteiger partial charge in [0.15, 0.2) is 0 Å². The quantitative estimate of drug-likeness (QED) is 0.616. The van der Waals surface area contributed by atoms with Crippen LogP contribution in [0.15, 0.2) is 70.1 Å². The largest absolute Gasteiger partial charge is 0.497 e. The summed E-state index contributed by atoms with van der Waals surface area (Å²) in [6.07, 6.45) is 2.48. The highest BCUT2D eigenvalue weighted by atomic mass is 16.5. The van der Waals surface area contributed by atoms with Gasteiger partial charge in [-0.25, -0.2) is 4.79 Å². The van der Waals surface area contributed by atoms with Crippen molar-refractivity contribution in [2.45, 2.75) is 13.0 Å². The number of hydrogen-bond donors (Lipinski definition) is 0. The van der Waals surface area contributed by atoms with Crippen molar-refractivity contribution in [2.24, 2.45) is 0 Å². The molecule has 1 aliphatic rings. The number of piperazine rings is 1. The Hall–Kier alpha value is -2.99. The Morgan fingerprint density at radius 1 is 0.966 bits per heavy atom. The van der Waals surface area contributed by atoms with Crippen LogP contribution in [0.25, 0.3) is 11.3 Å². The lowest BCUT2D eigenvalue weighted by molar-refractivity contribution is 0.249. The summed E-state index contributed by atoms with van der Waals surface area (Å²) in [5.74, 6) is 0.608. The molecule has 0 saturated carbocycles. The second kappa shape index (κ2) is 9.01. The fourth-order valence-corrected chi connectivity index (χ4v) is 3.87. The van der Waals surface area contributed by atoms with Crippen molar-refractivity contribution >= 4 is 5.69 Å². The molecule has 1 aliphatic heterocycles. The minimum Gasteiger partial charge on any atom is -0.497 e. The molecule has 2 heterocycles. The standard InChI is InChI=1S/C23H27N3O3/c1-28-21-10-5-9-20(17-21)25-15-13-24(14-16-25)11-6-12-26-22(18-29-23(26)27)19-7-3-2-4-8-19/h2-5,7-10,17-18H,6,11-16H2,1H3. The Labute approximate surface area is 170 Å². The number of aromatic nitrogens is 1. The van der Waals surface area contributed by atoms with E-state index in [4.69, 9.17) is 9.15 Å². The highest BCUT2D eigenvalue weighted by molar-refractivity contribution is 5.58. The Morgan fingerprint density at radius 3 is 2.52 bits per heavy atom. The first kappa shape index (κ1) is 19.3. The Bertz CT molecular complexity index is 972. The molecule has 29 heavy (non-hydrogen) atoms. The number of methoxy groups -OCH3 is 1. The first-order chi connectivity index (χ1) is 14.2. The summed E-state index contributed by atoms with van der Waals surface area (Å²) in [5, 5.41) is 0. The molecule has 1 saturated heterocycles. The lowest BCUT2D eigenvalue weighted by Gasteiger charge is -2.36. The van der Waals surface area contributed by atoms with Crippen molar-refractivity contribution in [3.63, 3.8) is 0 Å². The van der Waals surface area contributed by atoms with Crippen molar-refractivity contribution in [1.82, 2.24) is 9.47 Å². The van der Waals surface area contributed by atoms with Crippen molar-refractivity contribution in [2.75, 3.05) is 44.7 Å². The van der Waals surface area contributed by atoms with E-state index < -0.39 is 0 Å². The average Bonchev–Trinajstić information content (AvgIpc) is 3.15. The van der Waals surface area contributed by atoms with E-state index in [1.807, 2.05) is 42.5 Å². The number of nitrogens with zero attached hydrogens (tertiary/aromatic N) is 3. The summed E-state index contributed by atoms with van der Waals surface area (Å²) in [6, 6.07) is 18.1. The zero-order valence-corrected chi connectivity index (χ0v) is 16.8. The maximum absolute atomic E-state index is 12.1. The third kappa shape index (κ3) is 4.54. The second-order valence-electron chi connectivity index (χ2n) is 7.29. The van der Waals surface area contributed by atoms with Crippen LogP contribution in [0, 0.1) is 0 Å². The minimum atomic E-state index is -0.285. The zero-order valence-electron chi connectivity index (χ0n) is 16.8. The summed E-state index contributed by atoms with van der Waals surface area (Å²) >= 11 is 0. The van der Waals surface area contributed by atoms with Gasteiger partial charge in [-0.15, -0.1) is 0 Å². The molecule has 3 aromatic rings. The van der Waals surface area contributed by atoms with Crippen molar-refractivity contribution in [3.05, 3.63) is 71.4 Å². The maximum atomic E-state index is 12.1. The van der Waals surface area contributed by atoms with Crippen LogP contribution in [0.3, 0.4) is 0 Å². The number of anilines is 1. The molecule has 6 nitrogen and oxygen atoms in total. The van der Waals surface area contributed by atoms with Gasteiger partial charge in [0.2, 0.25) is 0 Å². The second-order valence-corrected chi connectivity index (χ2v) is 7.29. The van der Waals surface area contributed by atoms with Crippen LogP contribution >= 0.6 is 0 Å². The molecule has 0 amide bonds. The molecule has 0 spiro atoms. The summed E-state index contributed by atoms with van der Waals surface area (Å²) in [5.41, 5.74) is 3.06. The first-order valence-corrected chi connectivity index (χ1v) is 10.1. The summed E-state index contributed by atoms with van der Waals surface area (Å²) < 4.78 is 12.2. The molecular formula is C23H27N3O3. The highest BCUT2D eigenvalue weighted by Gasteiger charge is 2.18. The average molecular weight is 393 g/mol. The van der Waals surface area contributed by atoms with E-state index in [-0.39, 0.29) is 5.76 Å². The van der Waals surface area contributed by atoms with E-state index in [0.29, 0.717) is 6.54 Å². The number of oxazole rings is 1. The molecule has 0 radical (unpaired) electrons. The van der Waals surface area contributed by atoms with Gasteiger partial charge in [0.1, 0.15) is 12.0 Å². The van der Waals surface area contributed by atoms with Crippen LogP contribution in [0.4, 0.5) is 5.69 Å². The molecule has 2 aromatic carbocycles. The Kier molecular flexibility index (Phi) is 6.00. The lowest BCUT2D eigenvalue weighted by atomic mass is 10.1. The third-order valence-corrected chi connectivity index (χ3v) is 5.50. The molecule has 0 unspecified atom stereocenters. The molecule has 0 N–H and O–H groups in total. The third-order valence-electron chi connectivity index (χ3n) is 5.50. The highest BCUT2D eigenvalue weighted by Crippen LogP contribution is 2.22. The fraction of sp³-hybridized carbons (Fsp3) is 0.348. The van der Waals surface area contributed by atoms with Gasteiger partial charge in [-0.1, -0.05) is 36.4 Å². The van der Waals surface area contributed by atoms with Gasteiger partial charge in [-0.2, -0.15) is 0 Å².